The van der Waals surface area contributed by atoms with Crippen molar-refractivity contribution < 1.29 is 19.1 Å². The second kappa shape index (κ2) is 10.6. The first-order valence-electron chi connectivity index (χ1n) is 10.5. The first-order valence-corrected chi connectivity index (χ1v) is 11.3. The van der Waals surface area contributed by atoms with Crippen molar-refractivity contribution in [2.45, 2.75) is 45.6 Å². The monoisotopic (exact) mass is 430 g/mol. The van der Waals surface area contributed by atoms with E-state index in [2.05, 4.69) is 22.3 Å². The first-order chi connectivity index (χ1) is 14.5. The number of amides is 1. The zero-order valence-corrected chi connectivity index (χ0v) is 18.7. The number of thiophene rings is 1. The molecule has 0 radical (unpaired) electrons. The fourth-order valence-electron chi connectivity index (χ4n) is 3.86. The largest absolute Gasteiger partial charge is 0.497 e. The number of hydrogen-bond acceptors (Lipinski definition) is 6. The van der Waals surface area contributed by atoms with Gasteiger partial charge in [0.05, 0.1) is 25.3 Å². The van der Waals surface area contributed by atoms with Gasteiger partial charge >= 0.3 is 5.97 Å². The Kier molecular flexibility index (Phi) is 7.87. The van der Waals surface area contributed by atoms with Crippen LogP contribution < -0.4 is 10.1 Å². The normalized spacial score (nSPS) is 17.2. The molecular weight excluding hydrogens is 400 g/mol. The van der Waals surface area contributed by atoms with Gasteiger partial charge in [0.25, 0.3) is 0 Å². The summed E-state index contributed by atoms with van der Waals surface area (Å²) in [6.45, 7) is 5.18. The second-order valence-electron chi connectivity index (χ2n) is 7.50. The fraction of sp³-hybridized carbons (Fsp3) is 0.478. The highest BCUT2D eigenvalue weighted by molar-refractivity contribution is 7.18. The minimum atomic E-state index is -0.340. The summed E-state index contributed by atoms with van der Waals surface area (Å²) in [6.07, 6.45) is 4.45. The van der Waals surface area contributed by atoms with Gasteiger partial charge in [0.1, 0.15) is 10.6 Å². The van der Waals surface area contributed by atoms with Gasteiger partial charge in [-0.05, 0) is 62.6 Å². The van der Waals surface area contributed by atoms with Crippen molar-refractivity contribution in [3.8, 4) is 5.75 Å². The van der Waals surface area contributed by atoms with E-state index < -0.39 is 0 Å². The van der Waals surface area contributed by atoms with Crippen LogP contribution in [-0.2, 0) is 9.53 Å². The number of anilines is 1. The van der Waals surface area contributed by atoms with Crippen molar-refractivity contribution >= 4 is 28.2 Å². The SMILES string of the molecule is CCOC(=O)c1sc(NC(=O)CN2CCCCCC2c2ccc(OC)cc2)cc1C. The zero-order valence-electron chi connectivity index (χ0n) is 17.9. The molecule has 2 aromatic rings. The number of methoxy groups -OCH3 is 1. The molecule has 0 spiro atoms. The lowest BCUT2D eigenvalue weighted by Crippen LogP contribution is -2.36. The highest BCUT2D eigenvalue weighted by atomic mass is 32.1. The molecule has 1 amide bonds. The number of carbonyl (C=O) groups is 2. The average molecular weight is 431 g/mol. The standard InChI is InChI=1S/C23H30N2O4S/c1-4-29-23(27)22-16(2)14-21(30-22)24-20(26)15-25-13-7-5-6-8-19(25)17-9-11-18(28-3)12-10-17/h9-12,14,19H,4-8,13,15H2,1-3H3,(H,24,26). The molecule has 2 heterocycles. The molecule has 1 N–H and O–H groups in total. The van der Waals surface area contributed by atoms with Crippen molar-refractivity contribution in [2.75, 3.05) is 32.1 Å². The van der Waals surface area contributed by atoms with Gasteiger partial charge < -0.3 is 14.8 Å². The summed E-state index contributed by atoms with van der Waals surface area (Å²) in [5.74, 6) is 0.432. The zero-order chi connectivity index (χ0) is 21.5. The van der Waals surface area contributed by atoms with Gasteiger partial charge in [-0.2, -0.15) is 0 Å². The van der Waals surface area contributed by atoms with Crippen molar-refractivity contribution in [1.82, 2.24) is 4.90 Å². The Morgan fingerprint density at radius 1 is 1.20 bits per heavy atom. The van der Waals surface area contributed by atoms with Crippen molar-refractivity contribution in [1.29, 1.82) is 0 Å². The number of carbonyl (C=O) groups excluding carboxylic acids is 2. The Bertz CT molecular complexity index is 863. The van der Waals surface area contributed by atoms with Gasteiger partial charge in [0.2, 0.25) is 5.91 Å². The number of hydrogen-bond donors (Lipinski definition) is 1. The van der Waals surface area contributed by atoms with Crippen LogP contribution in [0.4, 0.5) is 5.00 Å². The molecular formula is C23H30N2O4S. The van der Waals surface area contributed by atoms with Gasteiger partial charge in [0, 0.05) is 6.04 Å². The maximum atomic E-state index is 12.8. The molecule has 1 fully saturated rings. The number of esters is 1. The maximum absolute atomic E-state index is 12.8. The first kappa shape index (κ1) is 22.3. The Hall–Kier alpha value is -2.38. The molecule has 1 aromatic heterocycles. The molecule has 1 aliphatic rings. The van der Waals surface area contributed by atoms with Crippen LogP contribution in [0.2, 0.25) is 0 Å². The van der Waals surface area contributed by atoms with Crippen LogP contribution in [0.5, 0.6) is 5.75 Å². The van der Waals surface area contributed by atoms with Gasteiger partial charge in [-0.25, -0.2) is 4.79 Å². The second-order valence-corrected chi connectivity index (χ2v) is 8.55. The predicted octanol–water partition coefficient (Wildman–Crippen LogP) is 4.80. The summed E-state index contributed by atoms with van der Waals surface area (Å²) < 4.78 is 10.4. The van der Waals surface area contributed by atoms with E-state index in [4.69, 9.17) is 9.47 Å². The fourth-order valence-corrected chi connectivity index (χ4v) is 4.85. The molecule has 1 atom stereocenters. The third-order valence-corrected chi connectivity index (χ3v) is 6.48. The highest BCUT2D eigenvalue weighted by Crippen LogP contribution is 2.32. The van der Waals surface area contributed by atoms with Crippen LogP contribution >= 0.6 is 11.3 Å². The molecule has 162 valence electrons. The summed E-state index contributed by atoms with van der Waals surface area (Å²) in [4.78, 5) is 27.6. The van der Waals surface area contributed by atoms with Gasteiger partial charge in [-0.1, -0.05) is 25.0 Å². The number of benzene rings is 1. The van der Waals surface area contributed by atoms with Crippen molar-refractivity contribution in [3.63, 3.8) is 0 Å². The lowest BCUT2D eigenvalue weighted by molar-refractivity contribution is -0.117. The number of ether oxygens (including phenoxy) is 2. The number of likely N-dealkylation sites (tertiary alicyclic amines) is 1. The van der Waals surface area contributed by atoms with Crippen molar-refractivity contribution in [3.05, 3.63) is 46.3 Å². The highest BCUT2D eigenvalue weighted by Gasteiger charge is 2.25. The summed E-state index contributed by atoms with van der Waals surface area (Å²) in [5, 5.41) is 3.65. The Morgan fingerprint density at radius 3 is 2.67 bits per heavy atom. The summed E-state index contributed by atoms with van der Waals surface area (Å²) in [6, 6.07) is 10.2. The van der Waals surface area contributed by atoms with E-state index in [1.807, 2.05) is 25.1 Å². The van der Waals surface area contributed by atoms with E-state index >= 15 is 0 Å². The van der Waals surface area contributed by atoms with E-state index in [-0.39, 0.29) is 17.9 Å². The quantitative estimate of drug-likeness (QED) is 0.639. The smallest absolute Gasteiger partial charge is 0.348 e. The van der Waals surface area contributed by atoms with Crippen LogP contribution in [0.1, 0.15) is 59.4 Å². The van der Waals surface area contributed by atoms with E-state index in [9.17, 15) is 9.59 Å². The number of nitrogens with zero attached hydrogens (tertiary/aromatic N) is 1. The van der Waals surface area contributed by atoms with E-state index in [1.54, 1.807) is 14.0 Å². The van der Waals surface area contributed by atoms with Crippen molar-refractivity contribution in [2.24, 2.45) is 0 Å². The third-order valence-electron chi connectivity index (χ3n) is 5.35. The molecule has 0 aliphatic carbocycles. The molecule has 1 saturated heterocycles. The Balaban J connectivity index is 1.68. The maximum Gasteiger partial charge on any atom is 0.348 e. The topological polar surface area (TPSA) is 67.9 Å². The molecule has 7 heteroatoms. The molecule has 1 unspecified atom stereocenters. The predicted molar refractivity (Wildman–Crippen MR) is 119 cm³/mol. The van der Waals surface area contributed by atoms with Gasteiger partial charge in [-0.15, -0.1) is 11.3 Å². The molecule has 6 nitrogen and oxygen atoms in total. The number of aryl methyl sites for hydroxylation is 1. The van der Waals surface area contributed by atoms with Crippen LogP contribution in [0, 0.1) is 6.92 Å². The summed E-state index contributed by atoms with van der Waals surface area (Å²) in [7, 11) is 1.66. The number of rotatable bonds is 7. The molecule has 30 heavy (non-hydrogen) atoms. The van der Waals surface area contributed by atoms with Gasteiger partial charge in [0.15, 0.2) is 0 Å². The van der Waals surface area contributed by atoms with Gasteiger partial charge in [-0.3, -0.25) is 9.69 Å². The lowest BCUT2D eigenvalue weighted by atomic mass is 10.0. The van der Waals surface area contributed by atoms with E-state index in [1.165, 1.54) is 23.3 Å². The van der Waals surface area contributed by atoms with Crippen LogP contribution in [0.15, 0.2) is 30.3 Å². The summed E-state index contributed by atoms with van der Waals surface area (Å²) in [5.41, 5.74) is 2.03. The summed E-state index contributed by atoms with van der Waals surface area (Å²) >= 11 is 1.26. The molecule has 3 rings (SSSR count). The van der Waals surface area contributed by atoms with Crippen LogP contribution in [-0.4, -0.2) is 43.6 Å². The third kappa shape index (κ3) is 5.61. The Morgan fingerprint density at radius 2 is 1.97 bits per heavy atom. The van der Waals surface area contributed by atoms with Crippen LogP contribution in [0.25, 0.3) is 0 Å². The average Bonchev–Trinajstić information content (AvgIpc) is 2.94. The molecule has 1 aliphatic heterocycles. The van der Waals surface area contributed by atoms with Crippen LogP contribution in [0.3, 0.4) is 0 Å². The Labute approximate surface area is 182 Å². The number of nitrogens with one attached hydrogen (secondary N) is 1. The lowest BCUT2D eigenvalue weighted by Gasteiger charge is -2.29. The van der Waals surface area contributed by atoms with E-state index in [0.717, 1.165) is 37.1 Å². The minimum absolute atomic E-state index is 0.0629. The molecule has 0 saturated carbocycles. The molecule has 0 bridgehead atoms. The molecule has 1 aromatic carbocycles. The minimum Gasteiger partial charge on any atom is -0.497 e. The van der Waals surface area contributed by atoms with E-state index in [0.29, 0.717) is 23.0 Å².